The lowest BCUT2D eigenvalue weighted by Crippen LogP contribution is -2.47. The summed E-state index contributed by atoms with van der Waals surface area (Å²) in [6.07, 6.45) is 1.12. The lowest BCUT2D eigenvalue weighted by atomic mass is 10.1. The lowest BCUT2D eigenvalue weighted by molar-refractivity contribution is -0.147. The van der Waals surface area contributed by atoms with E-state index in [1.165, 1.54) is 7.11 Å². The summed E-state index contributed by atoms with van der Waals surface area (Å²) in [5.41, 5.74) is 0. The molecule has 0 aliphatic carbocycles. The molecule has 1 aliphatic heterocycles. The van der Waals surface area contributed by atoms with Gasteiger partial charge in [0, 0.05) is 12.6 Å². The van der Waals surface area contributed by atoms with E-state index in [0.29, 0.717) is 6.04 Å². The van der Waals surface area contributed by atoms with E-state index in [4.69, 9.17) is 4.74 Å². The smallest absolute Gasteiger partial charge is 0.322 e. The molecule has 1 saturated heterocycles. The quantitative estimate of drug-likeness (QED) is 0.660. The minimum absolute atomic E-state index is 0.130. The van der Waals surface area contributed by atoms with Crippen LogP contribution in [0.3, 0.4) is 0 Å². The summed E-state index contributed by atoms with van der Waals surface area (Å²) in [5, 5.41) is 3.31. The molecular weight excluding hydrogens is 180 g/mol. The van der Waals surface area contributed by atoms with Gasteiger partial charge in [0.1, 0.15) is 6.04 Å². The van der Waals surface area contributed by atoms with Gasteiger partial charge in [-0.2, -0.15) is 0 Å². The van der Waals surface area contributed by atoms with Gasteiger partial charge in [-0.1, -0.05) is 6.92 Å². The van der Waals surface area contributed by atoms with E-state index in [-0.39, 0.29) is 12.0 Å². The summed E-state index contributed by atoms with van der Waals surface area (Å²) in [6, 6.07) is 0.351. The highest BCUT2D eigenvalue weighted by molar-refractivity contribution is 5.75. The third kappa shape index (κ3) is 2.45. The van der Waals surface area contributed by atoms with Crippen LogP contribution >= 0.6 is 0 Å². The zero-order valence-electron chi connectivity index (χ0n) is 9.25. The standard InChI is InChI=1S/C10H20N2O2/c1-4-12(8(2)10(13)14-3)9-5-6-11-7-9/h8-9,11H,4-7H2,1-3H3. The molecule has 0 bridgehead atoms. The van der Waals surface area contributed by atoms with E-state index in [1.807, 2.05) is 6.92 Å². The molecule has 1 rings (SSSR count). The Hall–Kier alpha value is -0.610. The summed E-state index contributed by atoms with van der Waals surface area (Å²) >= 11 is 0. The van der Waals surface area contributed by atoms with Crippen molar-refractivity contribution in [2.75, 3.05) is 26.7 Å². The zero-order chi connectivity index (χ0) is 10.6. The Morgan fingerprint density at radius 3 is 2.86 bits per heavy atom. The Bertz CT molecular complexity index is 191. The number of nitrogens with zero attached hydrogens (tertiary/aromatic N) is 1. The average molecular weight is 200 g/mol. The van der Waals surface area contributed by atoms with Crippen molar-refractivity contribution in [1.29, 1.82) is 0 Å². The second-order valence-electron chi connectivity index (χ2n) is 3.68. The van der Waals surface area contributed by atoms with Crippen molar-refractivity contribution in [2.24, 2.45) is 0 Å². The predicted molar refractivity (Wildman–Crippen MR) is 55.1 cm³/mol. The molecule has 1 heterocycles. The van der Waals surface area contributed by atoms with Crippen molar-refractivity contribution in [3.8, 4) is 0 Å². The third-order valence-electron chi connectivity index (χ3n) is 2.91. The van der Waals surface area contributed by atoms with Crippen LogP contribution in [0.4, 0.5) is 0 Å². The van der Waals surface area contributed by atoms with Crippen molar-refractivity contribution in [2.45, 2.75) is 32.4 Å². The Kier molecular flexibility index (Phi) is 4.35. The van der Waals surface area contributed by atoms with Gasteiger partial charge >= 0.3 is 5.97 Å². The summed E-state index contributed by atoms with van der Waals surface area (Å²) in [5.74, 6) is -0.140. The predicted octanol–water partition coefficient (Wildman–Crippen LogP) is 0.232. The highest BCUT2D eigenvalue weighted by atomic mass is 16.5. The number of likely N-dealkylation sites (N-methyl/N-ethyl adjacent to an activating group) is 1. The number of carbonyl (C=O) groups excluding carboxylic acids is 1. The van der Waals surface area contributed by atoms with Crippen molar-refractivity contribution >= 4 is 5.97 Å². The van der Waals surface area contributed by atoms with Crippen LogP contribution in [0.2, 0.25) is 0 Å². The molecule has 0 aromatic rings. The van der Waals surface area contributed by atoms with E-state index in [2.05, 4.69) is 17.1 Å². The molecule has 14 heavy (non-hydrogen) atoms. The van der Waals surface area contributed by atoms with Crippen molar-refractivity contribution < 1.29 is 9.53 Å². The third-order valence-corrected chi connectivity index (χ3v) is 2.91. The maximum Gasteiger partial charge on any atom is 0.322 e. The van der Waals surface area contributed by atoms with Crippen molar-refractivity contribution in [1.82, 2.24) is 10.2 Å². The molecule has 2 unspecified atom stereocenters. The number of carbonyl (C=O) groups is 1. The van der Waals surface area contributed by atoms with Gasteiger partial charge in [0.15, 0.2) is 0 Å². The molecule has 1 N–H and O–H groups in total. The van der Waals surface area contributed by atoms with Gasteiger partial charge in [-0.05, 0) is 26.4 Å². The molecule has 1 aliphatic rings. The molecular formula is C10H20N2O2. The Morgan fingerprint density at radius 2 is 2.43 bits per heavy atom. The molecule has 0 aromatic carbocycles. The highest BCUT2D eigenvalue weighted by Gasteiger charge is 2.29. The maximum absolute atomic E-state index is 11.4. The van der Waals surface area contributed by atoms with Crippen LogP contribution in [0.25, 0.3) is 0 Å². The molecule has 0 radical (unpaired) electrons. The second-order valence-corrected chi connectivity index (χ2v) is 3.68. The van der Waals surface area contributed by atoms with E-state index >= 15 is 0 Å². The molecule has 0 aromatic heterocycles. The fourth-order valence-corrected chi connectivity index (χ4v) is 2.08. The Morgan fingerprint density at radius 1 is 1.71 bits per heavy atom. The van der Waals surface area contributed by atoms with Crippen LogP contribution < -0.4 is 5.32 Å². The first kappa shape index (κ1) is 11.5. The zero-order valence-corrected chi connectivity index (χ0v) is 9.25. The van der Waals surface area contributed by atoms with Gasteiger partial charge in [-0.3, -0.25) is 9.69 Å². The summed E-state index contributed by atoms with van der Waals surface area (Å²) in [7, 11) is 1.44. The van der Waals surface area contributed by atoms with E-state index in [1.54, 1.807) is 0 Å². The highest BCUT2D eigenvalue weighted by Crippen LogP contribution is 2.12. The summed E-state index contributed by atoms with van der Waals surface area (Å²) in [6.45, 7) is 6.91. The molecule has 2 atom stereocenters. The van der Waals surface area contributed by atoms with E-state index in [9.17, 15) is 4.79 Å². The first-order chi connectivity index (χ1) is 6.70. The van der Waals surface area contributed by atoms with Gasteiger partial charge in [0.2, 0.25) is 0 Å². The number of hydrogen-bond acceptors (Lipinski definition) is 4. The van der Waals surface area contributed by atoms with Crippen LogP contribution in [0.5, 0.6) is 0 Å². The number of ether oxygens (including phenoxy) is 1. The minimum Gasteiger partial charge on any atom is -0.468 e. The van der Waals surface area contributed by atoms with Crippen molar-refractivity contribution in [3.63, 3.8) is 0 Å². The normalized spacial score (nSPS) is 23.9. The minimum atomic E-state index is -0.140. The Labute approximate surface area is 85.6 Å². The van der Waals surface area contributed by atoms with Gasteiger partial charge < -0.3 is 10.1 Å². The fourth-order valence-electron chi connectivity index (χ4n) is 2.08. The second kappa shape index (κ2) is 5.32. The van der Waals surface area contributed by atoms with Crippen molar-refractivity contribution in [3.05, 3.63) is 0 Å². The SMILES string of the molecule is CCN(C1CCNC1)C(C)C(=O)OC. The Balaban J connectivity index is 2.55. The molecule has 0 amide bonds. The van der Waals surface area contributed by atoms with Gasteiger partial charge in [0.25, 0.3) is 0 Å². The molecule has 0 saturated carbocycles. The largest absolute Gasteiger partial charge is 0.468 e. The maximum atomic E-state index is 11.4. The van der Waals surface area contributed by atoms with Crippen LogP contribution in [0.1, 0.15) is 20.3 Å². The van der Waals surface area contributed by atoms with Gasteiger partial charge in [-0.25, -0.2) is 0 Å². The topological polar surface area (TPSA) is 41.6 Å². The summed E-state index contributed by atoms with van der Waals surface area (Å²) in [4.78, 5) is 13.6. The average Bonchev–Trinajstić information content (AvgIpc) is 2.71. The molecule has 4 heteroatoms. The van der Waals surface area contributed by atoms with E-state index < -0.39 is 0 Å². The first-order valence-electron chi connectivity index (χ1n) is 5.25. The molecule has 1 fully saturated rings. The number of rotatable bonds is 4. The van der Waals surface area contributed by atoms with Crippen LogP contribution in [0, 0.1) is 0 Å². The number of nitrogens with one attached hydrogen (secondary N) is 1. The van der Waals surface area contributed by atoms with Crippen LogP contribution in [-0.4, -0.2) is 49.7 Å². The fraction of sp³-hybridized carbons (Fsp3) is 0.900. The molecule has 0 spiro atoms. The lowest BCUT2D eigenvalue weighted by Gasteiger charge is -2.31. The van der Waals surface area contributed by atoms with Gasteiger partial charge in [0.05, 0.1) is 7.11 Å². The van der Waals surface area contributed by atoms with Gasteiger partial charge in [-0.15, -0.1) is 0 Å². The number of hydrogen-bond donors (Lipinski definition) is 1. The molecule has 4 nitrogen and oxygen atoms in total. The van der Waals surface area contributed by atoms with Crippen LogP contribution in [-0.2, 0) is 9.53 Å². The molecule has 82 valence electrons. The monoisotopic (exact) mass is 200 g/mol. The number of methoxy groups -OCH3 is 1. The first-order valence-corrected chi connectivity index (χ1v) is 5.25. The van der Waals surface area contributed by atoms with Crippen LogP contribution in [0.15, 0.2) is 0 Å². The number of esters is 1. The van der Waals surface area contributed by atoms with E-state index in [0.717, 1.165) is 26.1 Å². The summed E-state index contributed by atoms with van der Waals surface area (Å²) < 4.78 is 4.75.